The van der Waals surface area contributed by atoms with Gasteiger partial charge in [0.05, 0.1) is 6.04 Å². The lowest BCUT2D eigenvalue weighted by Crippen LogP contribution is -2.12. The van der Waals surface area contributed by atoms with Gasteiger partial charge in [0.25, 0.3) is 0 Å². The molecule has 1 aromatic carbocycles. The monoisotopic (exact) mass is 231 g/mol. The van der Waals surface area contributed by atoms with Crippen LogP contribution >= 0.6 is 0 Å². The summed E-state index contributed by atoms with van der Waals surface area (Å²) in [5.74, 6) is 1.71. The van der Waals surface area contributed by atoms with E-state index in [9.17, 15) is 0 Å². The number of furan rings is 1. The fourth-order valence-corrected chi connectivity index (χ4v) is 1.74. The second kappa shape index (κ2) is 5.66. The van der Waals surface area contributed by atoms with Gasteiger partial charge in [-0.25, -0.2) is 0 Å². The van der Waals surface area contributed by atoms with Crippen molar-refractivity contribution in [1.82, 2.24) is 5.48 Å². The van der Waals surface area contributed by atoms with E-state index in [0.717, 1.165) is 24.4 Å². The molecule has 1 atom stereocenters. The zero-order chi connectivity index (χ0) is 12.1. The minimum atomic E-state index is -0.166. The molecule has 3 heteroatoms. The summed E-state index contributed by atoms with van der Waals surface area (Å²) in [6.07, 6.45) is 1.84. The molecule has 1 heterocycles. The smallest absolute Gasteiger partial charge is 0.123 e. The Labute approximate surface area is 101 Å². The van der Waals surface area contributed by atoms with Crippen molar-refractivity contribution in [1.29, 1.82) is 0 Å². The first-order valence-electron chi connectivity index (χ1n) is 5.82. The highest BCUT2D eigenvalue weighted by atomic mass is 16.5. The molecule has 0 saturated heterocycles. The molecule has 0 fully saturated rings. The van der Waals surface area contributed by atoms with Gasteiger partial charge in [-0.05, 0) is 31.0 Å². The Morgan fingerprint density at radius 3 is 2.59 bits per heavy atom. The minimum Gasteiger partial charge on any atom is -0.464 e. The van der Waals surface area contributed by atoms with Gasteiger partial charge in [-0.15, -0.1) is 0 Å². The van der Waals surface area contributed by atoms with E-state index < -0.39 is 0 Å². The van der Waals surface area contributed by atoms with Crippen LogP contribution < -0.4 is 5.48 Å². The summed E-state index contributed by atoms with van der Waals surface area (Å²) in [6.45, 7) is 1.85. The average Bonchev–Trinajstić information content (AvgIpc) is 2.85. The van der Waals surface area contributed by atoms with E-state index in [0.29, 0.717) is 0 Å². The van der Waals surface area contributed by atoms with E-state index in [-0.39, 0.29) is 6.04 Å². The SMILES string of the molecule is CC(NO)c1ccc(CCc2ccccc2)o1. The van der Waals surface area contributed by atoms with Crippen molar-refractivity contribution < 1.29 is 9.62 Å². The lowest BCUT2D eigenvalue weighted by Gasteiger charge is -2.04. The van der Waals surface area contributed by atoms with Crippen molar-refractivity contribution in [3.63, 3.8) is 0 Å². The minimum absolute atomic E-state index is 0.166. The molecule has 1 unspecified atom stereocenters. The topological polar surface area (TPSA) is 45.4 Å². The van der Waals surface area contributed by atoms with Crippen molar-refractivity contribution in [3.8, 4) is 0 Å². The molecule has 1 aromatic heterocycles. The van der Waals surface area contributed by atoms with Gasteiger partial charge in [0.1, 0.15) is 11.5 Å². The van der Waals surface area contributed by atoms with Crippen LogP contribution in [0.25, 0.3) is 0 Å². The van der Waals surface area contributed by atoms with Crippen molar-refractivity contribution in [2.45, 2.75) is 25.8 Å². The summed E-state index contributed by atoms with van der Waals surface area (Å²) in [4.78, 5) is 0. The zero-order valence-electron chi connectivity index (χ0n) is 9.89. The molecule has 2 N–H and O–H groups in total. The Hall–Kier alpha value is -1.58. The first-order valence-corrected chi connectivity index (χ1v) is 5.82. The number of benzene rings is 1. The Balaban J connectivity index is 1.94. The Bertz CT molecular complexity index is 450. The summed E-state index contributed by atoms with van der Waals surface area (Å²) in [6, 6.07) is 14.0. The van der Waals surface area contributed by atoms with Gasteiger partial charge >= 0.3 is 0 Å². The van der Waals surface area contributed by atoms with Crippen molar-refractivity contribution >= 4 is 0 Å². The van der Waals surface area contributed by atoms with Gasteiger partial charge in [-0.1, -0.05) is 30.3 Å². The van der Waals surface area contributed by atoms with Crippen LogP contribution in [-0.4, -0.2) is 5.21 Å². The quantitative estimate of drug-likeness (QED) is 0.777. The Kier molecular flexibility index (Phi) is 3.96. The molecule has 0 aliphatic heterocycles. The van der Waals surface area contributed by atoms with E-state index in [1.807, 2.05) is 37.3 Å². The van der Waals surface area contributed by atoms with Crippen LogP contribution in [0.4, 0.5) is 0 Å². The molecule has 3 nitrogen and oxygen atoms in total. The predicted molar refractivity (Wildman–Crippen MR) is 65.9 cm³/mol. The molecule has 17 heavy (non-hydrogen) atoms. The highest BCUT2D eigenvalue weighted by Gasteiger charge is 2.08. The summed E-state index contributed by atoms with van der Waals surface area (Å²) in [5, 5.41) is 8.80. The summed E-state index contributed by atoms with van der Waals surface area (Å²) in [7, 11) is 0. The predicted octanol–water partition coefficient (Wildman–Crippen LogP) is 3.10. The van der Waals surface area contributed by atoms with Crippen LogP contribution in [0, 0.1) is 0 Å². The molecule has 0 radical (unpaired) electrons. The maximum Gasteiger partial charge on any atom is 0.123 e. The molecule has 90 valence electrons. The fraction of sp³-hybridized carbons (Fsp3) is 0.286. The highest BCUT2D eigenvalue weighted by Crippen LogP contribution is 2.17. The van der Waals surface area contributed by atoms with Gasteiger partial charge in [0, 0.05) is 6.42 Å². The number of aryl methyl sites for hydroxylation is 2. The standard InChI is InChI=1S/C14H17NO2/c1-11(15-16)14-10-9-13(17-14)8-7-12-5-3-2-4-6-12/h2-6,9-11,15-16H,7-8H2,1H3. The molecule has 0 spiro atoms. The van der Waals surface area contributed by atoms with E-state index in [2.05, 4.69) is 17.6 Å². The van der Waals surface area contributed by atoms with Gasteiger partial charge in [0.2, 0.25) is 0 Å². The van der Waals surface area contributed by atoms with Gasteiger partial charge in [-0.3, -0.25) is 0 Å². The molecule has 0 aliphatic rings. The number of nitrogens with one attached hydrogen (secondary N) is 1. The lowest BCUT2D eigenvalue weighted by molar-refractivity contribution is 0.123. The molecule has 2 rings (SSSR count). The molecule has 2 aromatic rings. The molecule has 0 amide bonds. The largest absolute Gasteiger partial charge is 0.464 e. The second-order valence-electron chi connectivity index (χ2n) is 4.14. The summed E-state index contributed by atoms with van der Waals surface area (Å²) in [5.41, 5.74) is 3.48. The molecular formula is C14H17NO2. The Morgan fingerprint density at radius 2 is 1.88 bits per heavy atom. The van der Waals surface area contributed by atoms with E-state index >= 15 is 0 Å². The van der Waals surface area contributed by atoms with Crippen LogP contribution in [0.3, 0.4) is 0 Å². The van der Waals surface area contributed by atoms with Gasteiger partial charge < -0.3 is 9.62 Å². The van der Waals surface area contributed by atoms with Crippen molar-refractivity contribution in [3.05, 3.63) is 59.5 Å². The number of hydrogen-bond donors (Lipinski definition) is 2. The van der Waals surface area contributed by atoms with E-state index in [4.69, 9.17) is 9.62 Å². The third-order valence-electron chi connectivity index (χ3n) is 2.81. The molecule has 0 aliphatic carbocycles. The average molecular weight is 231 g/mol. The molecule has 0 saturated carbocycles. The number of hydroxylamine groups is 1. The van der Waals surface area contributed by atoms with E-state index in [1.165, 1.54) is 5.56 Å². The zero-order valence-corrected chi connectivity index (χ0v) is 9.89. The van der Waals surface area contributed by atoms with Crippen LogP contribution in [0.15, 0.2) is 46.9 Å². The summed E-state index contributed by atoms with van der Waals surface area (Å²) >= 11 is 0. The highest BCUT2D eigenvalue weighted by molar-refractivity contribution is 5.17. The van der Waals surface area contributed by atoms with Crippen LogP contribution in [-0.2, 0) is 12.8 Å². The lowest BCUT2D eigenvalue weighted by atomic mass is 10.1. The third kappa shape index (κ3) is 3.19. The second-order valence-corrected chi connectivity index (χ2v) is 4.14. The molecular weight excluding hydrogens is 214 g/mol. The van der Waals surface area contributed by atoms with Crippen molar-refractivity contribution in [2.75, 3.05) is 0 Å². The van der Waals surface area contributed by atoms with Crippen LogP contribution in [0.5, 0.6) is 0 Å². The Morgan fingerprint density at radius 1 is 1.12 bits per heavy atom. The van der Waals surface area contributed by atoms with Crippen molar-refractivity contribution in [2.24, 2.45) is 0 Å². The number of rotatable bonds is 5. The summed E-state index contributed by atoms with van der Waals surface area (Å²) < 4.78 is 5.64. The van der Waals surface area contributed by atoms with Gasteiger partial charge in [0.15, 0.2) is 0 Å². The molecule has 0 bridgehead atoms. The maximum atomic E-state index is 8.80. The number of hydrogen-bond acceptors (Lipinski definition) is 3. The van der Waals surface area contributed by atoms with E-state index in [1.54, 1.807) is 0 Å². The van der Waals surface area contributed by atoms with Crippen LogP contribution in [0.2, 0.25) is 0 Å². The maximum absolute atomic E-state index is 8.80. The van der Waals surface area contributed by atoms with Crippen LogP contribution in [0.1, 0.15) is 30.0 Å². The normalized spacial score (nSPS) is 12.6. The first-order chi connectivity index (χ1) is 8.29. The fourth-order valence-electron chi connectivity index (χ4n) is 1.74. The van der Waals surface area contributed by atoms with Gasteiger partial charge in [-0.2, -0.15) is 5.48 Å². The first kappa shape index (κ1) is 11.9. The third-order valence-corrected chi connectivity index (χ3v) is 2.81.